The van der Waals surface area contributed by atoms with E-state index in [0.29, 0.717) is 16.6 Å². The van der Waals surface area contributed by atoms with Crippen LogP contribution in [-0.4, -0.2) is 16.6 Å². The predicted octanol–water partition coefficient (Wildman–Crippen LogP) is 5.04. The molecule has 128 valence electrons. The average Bonchev–Trinajstić information content (AvgIpc) is 2.48. The zero-order chi connectivity index (χ0) is 15.7. The SMILES string of the molecule is CC1([NH+](C2(C)CCCCC2)C2(C)CCCCC2)CCCCC1. The molecule has 0 atom stereocenters. The first kappa shape index (κ1) is 16.8. The van der Waals surface area contributed by atoms with Crippen LogP contribution in [0.5, 0.6) is 0 Å². The van der Waals surface area contributed by atoms with Gasteiger partial charge in [-0.3, -0.25) is 0 Å². The molecule has 22 heavy (non-hydrogen) atoms. The fraction of sp³-hybridized carbons (Fsp3) is 1.00. The molecule has 0 spiro atoms. The first-order chi connectivity index (χ1) is 10.5. The van der Waals surface area contributed by atoms with Crippen LogP contribution in [0.15, 0.2) is 0 Å². The maximum Gasteiger partial charge on any atom is 0.0956 e. The van der Waals surface area contributed by atoms with Crippen LogP contribution in [0.25, 0.3) is 0 Å². The van der Waals surface area contributed by atoms with Crippen molar-refractivity contribution in [3.8, 4) is 0 Å². The molecule has 0 bridgehead atoms. The molecule has 1 nitrogen and oxygen atoms in total. The molecular formula is C21H40N+. The molecule has 0 aliphatic heterocycles. The van der Waals surface area contributed by atoms with E-state index in [0.717, 1.165) is 0 Å². The summed E-state index contributed by atoms with van der Waals surface area (Å²) in [6, 6.07) is 0. The molecule has 0 aromatic rings. The highest BCUT2D eigenvalue weighted by Crippen LogP contribution is 2.36. The Hall–Kier alpha value is -0.0400. The Morgan fingerprint density at radius 2 is 0.636 bits per heavy atom. The van der Waals surface area contributed by atoms with Crippen molar-refractivity contribution in [2.24, 2.45) is 0 Å². The second-order valence-corrected chi connectivity index (χ2v) is 9.74. The van der Waals surface area contributed by atoms with E-state index in [-0.39, 0.29) is 0 Å². The van der Waals surface area contributed by atoms with Gasteiger partial charge in [0.15, 0.2) is 0 Å². The Morgan fingerprint density at radius 1 is 0.409 bits per heavy atom. The lowest BCUT2D eigenvalue weighted by molar-refractivity contribution is -1.04. The van der Waals surface area contributed by atoms with Gasteiger partial charge in [0.25, 0.3) is 0 Å². The third-order valence-electron chi connectivity index (χ3n) is 7.68. The van der Waals surface area contributed by atoms with Gasteiger partial charge in [0.2, 0.25) is 0 Å². The molecule has 0 heterocycles. The van der Waals surface area contributed by atoms with Gasteiger partial charge in [0.05, 0.1) is 16.6 Å². The van der Waals surface area contributed by atoms with Gasteiger partial charge in [-0.2, -0.15) is 0 Å². The van der Waals surface area contributed by atoms with E-state index in [4.69, 9.17) is 0 Å². The van der Waals surface area contributed by atoms with Crippen LogP contribution in [0, 0.1) is 0 Å². The summed E-state index contributed by atoms with van der Waals surface area (Å²) in [7, 11) is 0. The van der Waals surface area contributed by atoms with Crippen molar-refractivity contribution < 1.29 is 4.90 Å². The number of nitrogens with one attached hydrogen (secondary N) is 1. The first-order valence-electron chi connectivity index (χ1n) is 10.4. The minimum absolute atomic E-state index is 0.552. The number of quaternary nitrogens is 1. The van der Waals surface area contributed by atoms with Crippen LogP contribution in [0.1, 0.15) is 117 Å². The number of hydrogen-bond donors (Lipinski definition) is 1. The first-order valence-corrected chi connectivity index (χ1v) is 10.4. The zero-order valence-corrected chi connectivity index (χ0v) is 15.6. The highest BCUT2D eigenvalue weighted by molar-refractivity contribution is 4.91. The molecule has 3 fully saturated rings. The molecule has 3 aliphatic rings. The number of rotatable bonds is 3. The van der Waals surface area contributed by atoms with Gasteiger partial charge < -0.3 is 4.90 Å². The Balaban J connectivity index is 1.93. The van der Waals surface area contributed by atoms with Gasteiger partial charge >= 0.3 is 0 Å². The molecule has 3 saturated carbocycles. The summed E-state index contributed by atoms with van der Waals surface area (Å²) in [5, 5.41) is 0. The van der Waals surface area contributed by atoms with Gasteiger partial charge in [-0.25, -0.2) is 0 Å². The highest BCUT2D eigenvalue weighted by Gasteiger charge is 2.55. The van der Waals surface area contributed by atoms with Gasteiger partial charge in [0.1, 0.15) is 0 Å². The fourth-order valence-corrected chi connectivity index (χ4v) is 6.93. The third kappa shape index (κ3) is 3.12. The van der Waals surface area contributed by atoms with E-state index < -0.39 is 0 Å². The normalized spacial score (nSPS) is 31.1. The molecular weight excluding hydrogens is 266 g/mol. The molecule has 3 rings (SSSR count). The Labute approximate surface area is 139 Å². The molecule has 1 N–H and O–H groups in total. The summed E-state index contributed by atoms with van der Waals surface area (Å²) in [4.78, 5) is 2.06. The fourth-order valence-electron chi connectivity index (χ4n) is 6.93. The zero-order valence-electron chi connectivity index (χ0n) is 15.6. The van der Waals surface area contributed by atoms with Crippen molar-refractivity contribution in [2.45, 2.75) is 134 Å². The highest BCUT2D eigenvalue weighted by atomic mass is 15.3. The second-order valence-electron chi connectivity index (χ2n) is 9.74. The molecule has 1 heteroatoms. The maximum absolute atomic E-state index is 2.67. The van der Waals surface area contributed by atoms with Gasteiger partial charge in [-0.15, -0.1) is 0 Å². The largest absolute Gasteiger partial charge is 0.321 e. The van der Waals surface area contributed by atoms with Crippen molar-refractivity contribution in [1.29, 1.82) is 0 Å². The summed E-state index contributed by atoms with van der Waals surface area (Å²) < 4.78 is 0. The van der Waals surface area contributed by atoms with E-state index in [1.54, 1.807) is 0 Å². The van der Waals surface area contributed by atoms with Crippen molar-refractivity contribution >= 4 is 0 Å². The lowest BCUT2D eigenvalue weighted by Crippen LogP contribution is -3.32. The minimum atomic E-state index is 0.552. The predicted molar refractivity (Wildman–Crippen MR) is 95.4 cm³/mol. The molecule has 0 saturated heterocycles. The molecule has 0 aromatic heterocycles. The van der Waals surface area contributed by atoms with Gasteiger partial charge in [-0.1, -0.05) is 19.3 Å². The van der Waals surface area contributed by atoms with Crippen LogP contribution in [0.3, 0.4) is 0 Å². The topological polar surface area (TPSA) is 4.44 Å². The lowest BCUT2D eigenvalue weighted by atomic mass is 9.68. The van der Waals surface area contributed by atoms with E-state index >= 15 is 0 Å². The molecule has 0 aromatic carbocycles. The quantitative estimate of drug-likeness (QED) is 0.745. The Morgan fingerprint density at radius 3 is 0.864 bits per heavy atom. The van der Waals surface area contributed by atoms with E-state index in [9.17, 15) is 0 Å². The van der Waals surface area contributed by atoms with Crippen LogP contribution in [0.4, 0.5) is 0 Å². The molecule has 3 aliphatic carbocycles. The summed E-state index contributed by atoms with van der Waals surface area (Å²) in [5.41, 5.74) is 1.66. The smallest absolute Gasteiger partial charge is 0.0956 e. The van der Waals surface area contributed by atoms with Crippen molar-refractivity contribution in [3.05, 3.63) is 0 Å². The van der Waals surface area contributed by atoms with Crippen molar-refractivity contribution in [1.82, 2.24) is 0 Å². The minimum Gasteiger partial charge on any atom is -0.321 e. The molecule has 0 radical (unpaired) electrons. The number of hydrogen-bond acceptors (Lipinski definition) is 0. The van der Waals surface area contributed by atoms with E-state index in [1.165, 1.54) is 96.3 Å². The summed E-state index contributed by atoms with van der Waals surface area (Å²) in [6.07, 6.45) is 22.2. The maximum atomic E-state index is 2.67. The van der Waals surface area contributed by atoms with Crippen LogP contribution >= 0.6 is 0 Å². The molecule has 0 unspecified atom stereocenters. The monoisotopic (exact) mass is 306 g/mol. The Kier molecular flexibility index (Phi) is 4.93. The van der Waals surface area contributed by atoms with Crippen molar-refractivity contribution in [3.63, 3.8) is 0 Å². The summed E-state index contributed by atoms with van der Waals surface area (Å²) >= 11 is 0. The second kappa shape index (κ2) is 6.46. The average molecular weight is 307 g/mol. The van der Waals surface area contributed by atoms with Crippen LogP contribution in [0.2, 0.25) is 0 Å². The molecule has 0 amide bonds. The van der Waals surface area contributed by atoms with Gasteiger partial charge in [-0.05, 0) is 59.3 Å². The lowest BCUT2D eigenvalue weighted by Gasteiger charge is -2.59. The van der Waals surface area contributed by atoms with E-state index in [1.807, 2.05) is 0 Å². The van der Waals surface area contributed by atoms with Crippen LogP contribution < -0.4 is 4.90 Å². The van der Waals surface area contributed by atoms with E-state index in [2.05, 4.69) is 25.7 Å². The summed E-state index contributed by atoms with van der Waals surface area (Å²) in [6.45, 7) is 8.00. The third-order valence-corrected chi connectivity index (χ3v) is 7.68. The standard InChI is InChI=1S/C21H39N/c1-19(13-7-4-8-14-19)22(20(2)15-9-5-10-16-20)21(3)17-11-6-12-18-21/h4-18H2,1-3H3/p+1. The van der Waals surface area contributed by atoms with Crippen molar-refractivity contribution in [2.75, 3.05) is 0 Å². The Bertz CT molecular complexity index is 297. The van der Waals surface area contributed by atoms with Gasteiger partial charge in [0, 0.05) is 38.5 Å². The van der Waals surface area contributed by atoms with Crippen LogP contribution in [-0.2, 0) is 0 Å². The summed E-state index contributed by atoms with van der Waals surface area (Å²) in [5.74, 6) is 0.